The molecule has 26 heavy (non-hydrogen) atoms. The van der Waals surface area contributed by atoms with Gasteiger partial charge in [0, 0.05) is 31.3 Å². The summed E-state index contributed by atoms with van der Waals surface area (Å²) in [6.07, 6.45) is 0.285. The quantitative estimate of drug-likeness (QED) is 0.780. The summed E-state index contributed by atoms with van der Waals surface area (Å²) >= 11 is 0. The molecular weight excluding hydrogens is 340 g/mol. The second kappa shape index (κ2) is 7.42. The van der Waals surface area contributed by atoms with Gasteiger partial charge < -0.3 is 19.9 Å². The van der Waals surface area contributed by atoms with Crippen molar-refractivity contribution in [2.24, 2.45) is 0 Å². The Balaban J connectivity index is 1.66. The number of benzene rings is 1. The number of rotatable bonds is 3. The molecule has 0 aliphatic carbocycles. The zero-order chi connectivity index (χ0) is 18.7. The lowest BCUT2D eigenvalue weighted by atomic mass is 10.1. The molecule has 2 saturated heterocycles. The summed E-state index contributed by atoms with van der Waals surface area (Å²) in [4.78, 5) is 51.1. The van der Waals surface area contributed by atoms with Crippen molar-refractivity contribution in [1.82, 2.24) is 15.5 Å². The first-order chi connectivity index (χ1) is 12.5. The van der Waals surface area contributed by atoms with Gasteiger partial charge in [0.05, 0.1) is 7.11 Å². The van der Waals surface area contributed by atoms with Gasteiger partial charge in [-0.15, -0.1) is 0 Å². The maximum atomic E-state index is 12.6. The largest absolute Gasteiger partial charge is 0.497 e. The topological polar surface area (TPSA) is 108 Å². The summed E-state index contributed by atoms with van der Waals surface area (Å²) in [5, 5.41) is 4.61. The van der Waals surface area contributed by atoms with Crippen LogP contribution in [0.1, 0.15) is 12.8 Å². The van der Waals surface area contributed by atoms with Crippen LogP contribution in [-0.2, 0) is 14.4 Å². The van der Waals surface area contributed by atoms with Gasteiger partial charge in [-0.05, 0) is 18.6 Å². The number of anilines is 1. The van der Waals surface area contributed by atoms with E-state index in [9.17, 15) is 19.2 Å². The third kappa shape index (κ3) is 3.76. The number of amides is 5. The number of hydrogen-bond donors (Lipinski definition) is 2. The molecule has 0 saturated carbocycles. The minimum Gasteiger partial charge on any atom is -0.497 e. The molecule has 2 aliphatic heterocycles. The molecule has 1 aromatic carbocycles. The minimum atomic E-state index is -0.808. The third-order valence-electron chi connectivity index (χ3n) is 4.41. The molecule has 1 aromatic rings. The van der Waals surface area contributed by atoms with Gasteiger partial charge in [-0.3, -0.25) is 19.7 Å². The molecule has 0 aromatic heterocycles. The van der Waals surface area contributed by atoms with Gasteiger partial charge in [-0.25, -0.2) is 4.79 Å². The van der Waals surface area contributed by atoms with Crippen LogP contribution in [0.15, 0.2) is 24.3 Å². The summed E-state index contributed by atoms with van der Waals surface area (Å²) < 4.78 is 5.17. The number of methoxy groups -OCH3 is 1. The van der Waals surface area contributed by atoms with E-state index in [-0.39, 0.29) is 31.2 Å². The normalized spacial score (nSPS) is 21.0. The molecule has 138 valence electrons. The van der Waals surface area contributed by atoms with E-state index >= 15 is 0 Å². The highest BCUT2D eigenvalue weighted by Crippen LogP contribution is 2.23. The van der Waals surface area contributed by atoms with Crippen LogP contribution in [0.3, 0.4) is 0 Å². The van der Waals surface area contributed by atoms with Crippen LogP contribution in [0, 0.1) is 0 Å². The van der Waals surface area contributed by atoms with E-state index in [4.69, 9.17) is 4.74 Å². The van der Waals surface area contributed by atoms with Crippen molar-refractivity contribution in [3.63, 3.8) is 0 Å². The van der Waals surface area contributed by atoms with Gasteiger partial charge in [0.15, 0.2) is 0 Å². The number of carbonyl (C=O) groups is 4. The summed E-state index contributed by atoms with van der Waals surface area (Å²) in [5.74, 6) is -0.343. The molecule has 2 heterocycles. The molecule has 9 nitrogen and oxygen atoms in total. The number of hydrogen-bond acceptors (Lipinski definition) is 5. The number of nitrogens with one attached hydrogen (secondary N) is 2. The van der Waals surface area contributed by atoms with Crippen LogP contribution < -0.4 is 20.3 Å². The van der Waals surface area contributed by atoms with Crippen molar-refractivity contribution in [1.29, 1.82) is 0 Å². The summed E-state index contributed by atoms with van der Waals surface area (Å²) in [6, 6.07) is 5.66. The predicted octanol–water partition coefficient (Wildman–Crippen LogP) is -0.141. The van der Waals surface area contributed by atoms with Gasteiger partial charge in [-0.1, -0.05) is 6.07 Å². The molecule has 0 bridgehead atoms. The Bertz CT molecular complexity index is 750. The monoisotopic (exact) mass is 360 g/mol. The van der Waals surface area contributed by atoms with Gasteiger partial charge in [-0.2, -0.15) is 0 Å². The van der Waals surface area contributed by atoms with Crippen LogP contribution in [0.5, 0.6) is 5.75 Å². The second-order valence-electron chi connectivity index (χ2n) is 6.12. The van der Waals surface area contributed by atoms with Crippen molar-refractivity contribution in [2.75, 3.05) is 31.6 Å². The number of piperazine rings is 1. The van der Waals surface area contributed by atoms with E-state index in [1.807, 2.05) is 0 Å². The molecule has 2 fully saturated rings. The zero-order valence-corrected chi connectivity index (χ0v) is 14.4. The molecule has 9 heteroatoms. The highest BCUT2D eigenvalue weighted by atomic mass is 16.5. The summed E-state index contributed by atoms with van der Waals surface area (Å²) in [5.41, 5.74) is 0.707. The molecule has 2 N–H and O–H groups in total. The maximum Gasteiger partial charge on any atom is 0.322 e. The SMILES string of the molecule is COc1cccc(N2CCN(C(=O)[C@H]3CCC(=O)NC(=O)N3)CC2=O)c1. The van der Waals surface area contributed by atoms with Gasteiger partial charge in [0.1, 0.15) is 18.3 Å². The van der Waals surface area contributed by atoms with E-state index < -0.39 is 18.0 Å². The predicted molar refractivity (Wildman–Crippen MR) is 91.6 cm³/mol. The van der Waals surface area contributed by atoms with E-state index in [2.05, 4.69) is 10.6 Å². The number of urea groups is 1. The highest BCUT2D eigenvalue weighted by Gasteiger charge is 2.34. The first-order valence-corrected chi connectivity index (χ1v) is 8.31. The van der Waals surface area contributed by atoms with Gasteiger partial charge in [0.2, 0.25) is 17.7 Å². The smallest absolute Gasteiger partial charge is 0.322 e. The lowest BCUT2D eigenvalue weighted by Gasteiger charge is -2.35. The molecule has 1 atom stereocenters. The van der Waals surface area contributed by atoms with Crippen molar-refractivity contribution >= 4 is 29.4 Å². The molecule has 3 rings (SSSR count). The molecular formula is C17H20N4O5. The highest BCUT2D eigenvalue weighted by molar-refractivity contribution is 6.01. The van der Waals surface area contributed by atoms with Crippen molar-refractivity contribution in [2.45, 2.75) is 18.9 Å². The molecule has 0 spiro atoms. The third-order valence-corrected chi connectivity index (χ3v) is 4.41. The number of nitrogens with zero attached hydrogens (tertiary/aromatic N) is 2. The Morgan fingerprint density at radius 2 is 2.04 bits per heavy atom. The summed E-state index contributed by atoms with van der Waals surface area (Å²) in [6.45, 7) is 0.606. The van der Waals surface area contributed by atoms with Gasteiger partial charge in [0.25, 0.3) is 0 Å². The molecule has 2 aliphatic rings. The minimum absolute atomic E-state index is 0.0763. The lowest BCUT2D eigenvalue weighted by Crippen LogP contribution is -2.57. The number of carbonyl (C=O) groups excluding carboxylic acids is 4. The Labute approximate surface area is 150 Å². The van der Waals surface area contributed by atoms with Crippen molar-refractivity contribution in [3.8, 4) is 5.75 Å². The fourth-order valence-corrected chi connectivity index (χ4v) is 3.05. The molecule has 0 radical (unpaired) electrons. The Hall–Kier alpha value is -3.10. The Kier molecular flexibility index (Phi) is 5.06. The first-order valence-electron chi connectivity index (χ1n) is 8.31. The fraction of sp³-hybridized carbons (Fsp3) is 0.412. The van der Waals surface area contributed by atoms with Crippen molar-refractivity contribution in [3.05, 3.63) is 24.3 Å². The first kappa shape index (κ1) is 17.7. The standard InChI is InChI=1S/C17H20N4O5/c1-26-12-4-2-3-11(9-12)21-8-7-20(10-15(21)23)16(24)13-5-6-14(22)19-17(25)18-13/h2-4,9,13H,5-8,10H2,1H3,(H2,18,19,22,25)/t13-/m1/s1. The van der Waals surface area contributed by atoms with Gasteiger partial charge >= 0.3 is 6.03 Å². The van der Waals surface area contributed by atoms with E-state index in [1.165, 1.54) is 4.90 Å². The zero-order valence-electron chi connectivity index (χ0n) is 14.4. The van der Waals surface area contributed by atoms with Crippen LogP contribution in [0.2, 0.25) is 0 Å². The number of ether oxygens (including phenoxy) is 1. The van der Waals surface area contributed by atoms with E-state index in [0.717, 1.165) is 0 Å². The second-order valence-corrected chi connectivity index (χ2v) is 6.12. The molecule has 5 amide bonds. The van der Waals surface area contributed by atoms with Crippen LogP contribution in [0.4, 0.5) is 10.5 Å². The average Bonchev–Trinajstić information content (AvgIpc) is 2.81. The average molecular weight is 360 g/mol. The molecule has 0 unspecified atom stereocenters. The maximum absolute atomic E-state index is 12.6. The van der Waals surface area contributed by atoms with E-state index in [1.54, 1.807) is 36.3 Å². The van der Waals surface area contributed by atoms with Crippen LogP contribution in [0.25, 0.3) is 0 Å². The lowest BCUT2D eigenvalue weighted by molar-refractivity contribution is -0.138. The fourth-order valence-electron chi connectivity index (χ4n) is 3.05. The number of imide groups is 1. The Morgan fingerprint density at radius 1 is 1.23 bits per heavy atom. The van der Waals surface area contributed by atoms with Crippen molar-refractivity contribution < 1.29 is 23.9 Å². The van der Waals surface area contributed by atoms with Crippen LogP contribution in [-0.4, -0.2) is 61.4 Å². The Morgan fingerprint density at radius 3 is 2.77 bits per heavy atom. The van der Waals surface area contributed by atoms with Crippen LogP contribution >= 0.6 is 0 Å². The van der Waals surface area contributed by atoms with E-state index in [0.29, 0.717) is 24.5 Å². The summed E-state index contributed by atoms with van der Waals surface area (Å²) in [7, 11) is 1.55.